The van der Waals surface area contributed by atoms with Crippen LogP contribution in [-0.4, -0.2) is 10.2 Å². The molecule has 0 radical (unpaired) electrons. The number of rotatable bonds is 2. The highest BCUT2D eigenvalue weighted by Crippen LogP contribution is 2.49. The number of aromatic nitrogens is 2. The van der Waals surface area contributed by atoms with Gasteiger partial charge in [-0.25, -0.2) is 0 Å². The number of hydrogen-bond acceptors (Lipinski definition) is 3. The van der Waals surface area contributed by atoms with Gasteiger partial charge in [0, 0.05) is 6.42 Å². The van der Waals surface area contributed by atoms with Crippen molar-refractivity contribution < 1.29 is 4.42 Å². The van der Waals surface area contributed by atoms with E-state index in [1.807, 2.05) is 0 Å². The molecule has 3 nitrogen and oxygen atoms in total. The molecule has 3 unspecified atom stereocenters. The van der Waals surface area contributed by atoms with Crippen molar-refractivity contribution in [3.63, 3.8) is 0 Å². The summed E-state index contributed by atoms with van der Waals surface area (Å²) in [4.78, 5) is 0. The van der Waals surface area contributed by atoms with Crippen molar-refractivity contribution in [3.8, 4) is 0 Å². The molecule has 14 heavy (non-hydrogen) atoms. The van der Waals surface area contributed by atoms with Gasteiger partial charge in [-0.15, -0.1) is 5.10 Å². The van der Waals surface area contributed by atoms with E-state index in [9.17, 15) is 0 Å². The van der Waals surface area contributed by atoms with E-state index in [0.717, 1.165) is 24.2 Å². The van der Waals surface area contributed by atoms with Gasteiger partial charge in [0.05, 0.1) is 0 Å². The van der Waals surface area contributed by atoms with Crippen molar-refractivity contribution in [1.82, 2.24) is 10.2 Å². The summed E-state index contributed by atoms with van der Waals surface area (Å²) in [5.41, 5.74) is 0. The Bertz CT molecular complexity index is 339. The molecule has 1 heterocycles. The molecule has 3 atom stereocenters. The molecule has 4 heteroatoms. The molecule has 0 amide bonds. The number of halogens is 1. The first-order valence-corrected chi connectivity index (χ1v) is 5.67. The summed E-state index contributed by atoms with van der Waals surface area (Å²) >= 11 is 5.58. The van der Waals surface area contributed by atoms with Gasteiger partial charge in [0.15, 0.2) is 0 Å². The van der Waals surface area contributed by atoms with Crippen LogP contribution in [0.3, 0.4) is 0 Å². The second kappa shape index (κ2) is 3.23. The lowest BCUT2D eigenvalue weighted by atomic mass is 9.86. The number of fused-ring (bicyclic) bond motifs is 2. The van der Waals surface area contributed by atoms with Gasteiger partial charge in [-0.2, -0.15) is 0 Å². The maximum absolute atomic E-state index is 5.58. The summed E-state index contributed by atoms with van der Waals surface area (Å²) < 4.78 is 5.20. The minimum absolute atomic E-state index is 0.170. The van der Waals surface area contributed by atoms with Crippen LogP contribution in [0, 0.1) is 17.8 Å². The van der Waals surface area contributed by atoms with E-state index in [-0.39, 0.29) is 5.35 Å². The van der Waals surface area contributed by atoms with Crippen molar-refractivity contribution in [2.24, 2.45) is 17.8 Å². The van der Waals surface area contributed by atoms with Crippen LogP contribution in [0.2, 0.25) is 5.35 Å². The molecule has 0 saturated heterocycles. The number of hydrogen-bond donors (Lipinski definition) is 0. The Morgan fingerprint density at radius 1 is 1.29 bits per heavy atom. The third-order valence-corrected chi connectivity index (χ3v) is 3.92. The van der Waals surface area contributed by atoms with Gasteiger partial charge in [0.2, 0.25) is 5.89 Å². The average molecular weight is 213 g/mol. The summed E-state index contributed by atoms with van der Waals surface area (Å²) in [6.07, 6.45) is 6.54. The number of nitrogens with zero attached hydrogens (tertiary/aromatic N) is 2. The van der Waals surface area contributed by atoms with E-state index in [1.165, 1.54) is 25.7 Å². The molecule has 2 aliphatic rings. The quantitative estimate of drug-likeness (QED) is 0.757. The van der Waals surface area contributed by atoms with Gasteiger partial charge in [-0.3, -0.25) is 0 Å². The fraction of sp³-hybridized carbons (Fsp3) is 0.800. The molecule has 2 bridgehead atoms. The van der Waals surface area contributed by atoms with Crippen molar-refractivity contribution >= 4 is 11.6 Å². The highest BCUT2D eigenvalue weighted by atomic mass is 35.5. The molecule has 2 fully saturated rings. The molecular formula is C10H13ClN2O. The van der Waals surface area contributed by atoms with Gasteiger partial charge in [0.25, 0.3) is 0 Å². The lowest BCUT2D eigenvalue weighted by Crippen LogP contribution is -2.13. The zero-order valence-corrected chi connectivity index (χ0v) is 8.70. The minimum Gasteiger partial charge on any atom is -0.412 e. The Labute approximate surface area is 87.8 Å². The van der Waals surface area contributed by atoms with E-state index in [0.29, 0.717) is 5.89 Å². The Balaban J connectivity index is 1.68. The van der Waals surface area contributed by atoms with Crippen LogP contribution in [0.1, 0.15) is 31.6 Å². The van der Waals surface area contributed by atoms with Crippen molar-refractivity contribution in [2.45, 2.75) is 32.1 Å². The van der Waals surface area contributed by atoms with Gasteiger partial charge in [0.1, 0.15) is 0 Å². The van der Waals surface area contributed by atoms with Crippen molar-refractivity contribution in [3.05, 3.63) is 11.2 Å². The predicted octanol–water partition coefficient (Wildman–Crippen LogP) is 2.70. The zero-order chi connectivity index (χ0) is 9.54. The van der Waals surface area contributed by atoms with Gasteiger partial charge in [-0.1, -0.05) is 11.5 Å². The Kier molecular flexibility index (Phi) is 2.01. The molecule has 1 aromatic heterocycles. The predicted molar refractivity (Wildman–Crippen MR) is 52.0 cm³/mol. The SMILES string of the molecule is Clc1nnc(CC2CC3CCC2C3)o1. The lowest BCUT2D eigenvalue weighted by Gasteiger charge is -2.19. The third kappa shape index (κ3) is 1.44. The molecule has 0 aliphatic heterocycles. The molecule has 3 rings (SSSR count). The molecular weight excluding hydrogens is 200 g/mol. The average Bonchev–Trinajstić information content (AvgIpc) is 2.82. The molecule has 76 valence electrons. The molecule has 2 aliphatic carbocycles. The monoisotopic (exact) mass is 212 g/mol. The third-order valence-electron chi connectivity index (χ3n) is 3.76. The first kappa shape index (κ1) is 8.72. The zero-order valence-electron chi connectivity index (χ0n) is 7.95. The van der Waals surface area contributed by atoms with Crippen LogP contribution in [0.15, 0.2) is 4.42 Å². The van der Waals surface area contributed by atoms with Crippen LogP contribution in [0.5, 0.6) is 0 Å². The Hall–Kier alpha value is -0.570. The molecule has 0 N–H and O–H groups in total. The highest BCUT2D eigenvalue weighted by Gasteiger charge is 2.39. The normalized spacial score (nSPS) is 35.4. The summed E-state index contributed by atoms with van der Waals surface area (Å²) in [6, 6.07) is 0. The molecule has 2 saturated carbocycles. The Morgan fingerprint density at radius 2 is 2.21 bits per heavy atom. The maximum Gasteiger partial charge on any atom is 0.312 e. The van der Waals surface area contributed by atoms with Crippen molar-refractivity contribution in [1.29, 1.82) is 0 Å². The largest absolute Gasteiger partial charge is 0.412 e. The van der Waals surface area contributed by atoms with Crippen LogP contribution in [0.25, 0.3) is 0 Å². The van der Waals surface area contributed by atoms with Gasteiger partial charge < -0.3 is 4.42 Å². The van der Waals surface area contributed by atoms with E-state index in [2.05, 4.69) is 10.2 Å². The summed E-state index contributed by atoms with van der Waals surface area (Å²) in [5, 5.41) is 7.75. The molecule has 0 spiro atoms. The van der Waals surface area contributed by atoms with Crippen molar-refractivity contribution in [2.75, 3.05) is 0 Å². The second-order valence-electron chi connectivity index (χ2n) is 4.59. The van der Waals surface area contributed by atoms with Crippen LogP contribution >= 0.6 is 11.6 Å². The van der Waals surface area contributed by atoms with E-state index >= 15 is 0 Å². The van der Waals surface area contributed by atoms with E-state index in [1.54, 1.807) is 0 Å². The topological polar surface area (TPSA) is 38.9 Å². The summed E-state index contributed by atoms with van der Waals surface area (Å²) in [5.74, 6) is 3.37. The maximum atomic E-state index is 5.58. The highest BCUT2D eigenvalue weighted by molar-refractivity contribution is 6.27. The Morgan fingerprint density at radius 3 is 2.79 bits per heavy atom. The fourth-order valence-electron chi connectivity index (χ4n) is 3.17. The lowest BCUT2D eigenvalue weighted by molar-refractivity contribution is 0.307. The second-order valence-corrected chi connectivity index (χ2v) is 4.91. The van der Waals surface area contributed by atoms with Crippen LogP contribution in [-0.2, 0) is 6.42 Å². The summed E-state index contributed by atoms with van der Waals surface area (Å²) in [7, 11) is 0. The van der Waals surface area contributed by atoms with E-state index < -0.39 is 0 Å². The summed E-state index contributed by atoms with van der Waals surface area (Å²) in [6.45, 7) is 0. The van der Waals surface area contributed by atoms with Crippen LogP contribution < -0.4 is 0 Å². The van der Waals surface area contributed by atoms with Gasteiger partial charge in [-0.05, 0) is 48.6 Å². The standard InChI is InChI=1S/C10H13ClN2O/c11-10-13-12-9(14-10)5-8-4-6-1-2-7(8)3-6/h6-8H,1-5H2. The first-order chi connectivity index (χ1) is 6.81. The molecule has 1 aromatic rings. The van der Waals surface area contributed by atoms with E-state index in [4.69, 9.17) is 16.0 Å². The molecule has 0 aromatic carbocycles. The van der Waals surface area contributed by atoms with Gasteiger partial charge >= 0.3 is 5.35 Å². The first-order valence-electron chi connectivity index (χ1n) is 5.29. The fourth-order valence-corrected chi connectivity index (χ4v) is 3.29. The minimum atomic E-state index is 0.170. The smallest absolute Gasteiger partial charge is 0.312 e. The van der Waals surface area contributed by atoms with Crippen LogP contribution in [0.4, 0.5) is 0 Å².